The van der Waals surface area contributed by atoms with Crippen molar-refractivity contribution in [2.45, 2.75) is 13.0 Å². The van der Waals surface area contributed by atoms with E-state index in [4.69, 9.17) is 14.7 Å². The number of fused-ring (bicyclic) bond motifs is 1. The van der Waals surface area contributed by atoms with E-state index in [0.717, 1.165) is 10.8 Å². The summed E-state index contributed by atoms with van der Waals surface area (Å²) in [6.45, 7) is 1.16. The molecule has 0 aliphatic rings. The van der Waals surface area contributed by atoms with Crippen LogP contribution in [0.2, 0.25) is 0 Å². The molecule has 6 nitrogen and oxygen atoms in total. The Balaban J connectivity index is 1.51. The van der Waals surface area contributed by atoms with Crippen LogP contribution >= 0.6 is 0 Å². The Bertz CT molecular complexity index is 1060. The van der Waals surface area contributed by atoms with Crippen LogP contribution < -0.4 is 10.1 Å². The Kier molecular flexibility index (Phi) is 5.87. The first-order valence-corrected chi connectivity index (χ1v) is 8.67. The smallest absolute Gasteiger partial charge is 0.344 e. The van der Waals surface area contributed by atoms with Crippen molar-refractivity contribution < 1.29 is 19.1 Å². The maximum atomic E-state index is 12.2. The number of hydrogen-bond donors (Lipinski definition) is 1. The molecule has 28 heavy (non-hydrogen) atoms. The minimum absolute atomic E-state index is 0.306. The van der Waals surface area contributed by atoms with Gasteiger partial charge in [0.1, 0.15) is 5.75 Å². The molecule has 0 radical (unpaired) electrons. The first-order valence-electron chi connectivity index (χ1n) is 8.67. The fourth-order valence-corrected chi connectivity index (χ4v) is 2.59. The van der Waals surface area contributed by atoms with Crippen molar-refractivity contribution in [1.29, 1.82) is 5.26 Å². The van der Waals surface area contributed by atoms with Crippen LogP contribution in [0.15, 0.2) is 66.7 Å². The second-order valence-electron chi connectivity index (χ2n) is 6.11. The Morgan fingerprint density at radius 1 is 1.04 bits per heavy atom. The van der Waals surface area contributed by atoms with Gasteiger partial charge >= 0.3 is 5.97 Å². The van der Waals surface area contributed by atoms with Gasteiger partial charge in [-0.1, -0.05) is 36.4 Å². The number of nitriles is 1. The predicted octanol–water partition coefficient (Wildman–Crippen LogP) is 3.66. The average molecular weight is 374 g/mol. The molecule has 0 bridgehead atoms. The van der Waals surface area contributed by atoms with Gasteiger partial charge in [-0.05, 0) is 48.0 Å². The van der Waals surface area contributed by atoms with Crippen LogP contribution in [0, 0.1) is 11.3 Å². The fraction of sp³-hybridized carbons (Fsp3) is 0.136. The van der Waals surface area contributed by atoms with Crippen molar-refractivity contribution in [3.63, 3.8) is 0 Å². The van der Waals surface area contributed by atoms with Crippen molar-refractivity contribution in [3.8, 4) is 11.8 Å². The molecule has 0 spiro atoms. The second-order valence-corrected chi connectivity index (χ2v) is 6.11. The van der Waals surface area contributed by atoms with Gasteiger partial charge in [0.05, 0.1) is 11.6 Å². The molecule has 3 aromatic rings. The van der Waals surface area contributed by atoms with Gasteiger partial charge in [-0.2, -0.15) is 5.26 Å². The van der Waals surface area contributed by atoms with Gasteiger partial charge in [0, 0.05) is 5.69 Å². The standard InChI is InChI=1S/C22H18N2O4/c1-15(22(26)24-19-8-4-5-16(11-19)13-23)28-21(25)14-27-20-10-9-17-6-2-3-7-18(17)12-20/h2-12,15H,14H2,1H3,(H,24,26)/t15-/m0/s1. The molecule has 0 aromatic heterocycles. The molecule has 6 heteroatoms. The summed E-state index contributed by atoms with van der Waals surface area (Å²) < 4.78 is 10.6. The highest BCUT2D eigenvalue weighted by Crippen LogP contribution is 2.20. The highest BCUT2D eigenvalue weighted by Gasteiger charge is 2.18. The molecule has 0 aliphatic heterocycles. The minimum atomic E-state index is -1.00. The number of nitrogens with one attached hydrogen (secondary N) is 1. The third kappa shape index (κ3) is 4.86. The van der Waals surface area contributed by atoms with Gasteiger partial charge in [-0.25, -0.2) is 4.79 Å². The van der Waals surface area contributed by atoms with Gasteiger partial charge in [0.15, 0.2) is 12.7 Å². The molecule has 3 aromatic carbocycles. The van der Waals surface area contributed by atoms with Crippen molar-refractivity contribution in [3.05, 3.63) is 72.3 Å². The van der Waals surface area contributed by atoms with Gasteiger partial charge in [-0.3, -0.25) is 4.79 Å². The number of hydrogen-bond acceptors (Lipinski definition) is 5. The number of carbonyl (C=O) groups excluding carboxylic acids is 2. The number of anilines is 1. The molecule has 1 atom stereocenters. The first kappa shape index (κ1) is 18.9. The SMILES string of the molecule is C[C@H](OC(=O)COc1ccc2ccccc2c1)C(=O)Nc1cccc(C#N)c1. The average Bonchev–Trinajstić information content (AvgIpc) is 2.72. The largest absolute Gasteiger partial charge is 0.482 e. The summed E-state index contributed by atoms with van der Waals surface area (Å²) in [5.41, 5.74) is 0.880. The Morgan fingerprint density at radius 3 is 2.61 bits per heavy atom. The van der Waals surface area contributed by atoms with Crippen LogP contribution in [0.5, 0.6) is 5.75 Å². The number of benzene rings is 3. The zero-order chi connectivity index (χ0) is 19.9. The Hall–Kier alpha value is -3.85. The summed E-state index contributed by atoms with van der Waals surface area (Å²) in [5, 5.41) is 13.6. The maximum absolute atomic E-state index is 12.2. The van der Waals surface area contributed by atoms with E-state index in [1.54, 1.807) is 24.3 Å². The fourth-order valence-electron chi connectivity index (χ4n) is 2.59. The van der Waals surface area contributed by atoms with Gasteiger partial charge < -0.3 is 14.8 Å². The van der Waals surface area contributed by atoms with Crippen molar-refractivity contribution in [2.75, 3.05) is 11.9 Å². The van der Waals surface area contributed by atoms with Crippen LogP contribution in [0.1, 0.15) is 12.5 Å². The summed E-state index contributed by atoms with van der Waals surface area (Å²) >= 11 is 0. The first-order chi connectivity index (χ1) is 13.5. The molecular weight excluding hydrogens is 356 g/mol. The molecule has 0 aliphatic carbocycles. The molecule has 0 saturated heterocycles. The van der Waals surface area contributed by atoms with Crippen LogP contribution in [-0.2, 0) is 14.3 Å². The van der Waals surface area contributed by atoms with E-state index in [9.17, 15) is 9.59 Å². The number of esters is 1. The van der Waals surface area contributed by atoms with Crippen LogP contribution in [0.25, 0.3) is 10.8 Å². The molecule has 0 saturated carbocycles. The van der Waals surface area contributed by atoms with Crippen LogP contribution in [0.3, 0.4) is 0 Å². The molecule has 0 fully saturated rings. The Morgan fingerprint density at radius 2 is 1.82 bits per heavy atom. The minimum Gasteiger partial charge on any atom is -0.482 e. The zero-order valence-corrected chi connectivity index (χ0v) is 15.2. The van der Waals surface area contributed by atoms with Crippen molar-refractivity contribution in [2.24, 2.45) is 0 Å². The molecular formula is C22H18N2O4. The number of nitrogens with zero attached hydrogens (tertiary/aromatic N) is 1. The lowest BCUT2D eigenvalue weighted by Gasteiger charge is -2.14. The van der Waals surface area contributed by atoms with E-state index >= 15 is 0 Å². The third-order valence-electron chi connectivity index (χ3n) is 4.01. The highest BCUT2D eigenvalue weighted by molar-refractivity contribution is 5.95. The van der Waals surface area contributed by atoms with E-state index in [0.29, 0.717) is 17.0 Å². The van der Waals surface area contributed by atoms with Gasteiger partial charge in [0.2, 0.25) is 0 Å². The lowest BCUT2D eigenvalue weighted by atomic mass is 10.1. The summed E-state index contributed by atoms with van der Waals surface area (Å²) in [6, 6.07) is 21.8. The highest BCUT2D eigenvalue weighted by atomic mass is 16.6. The number of amides is 1. The lowest BCUT2D eigenvalue weighted by Crippen LogP contribution is -2.31. The van der Waals surface area contributed by atoms with Crippen molar-refractivity contribution >= 4 is 28.3 Å². The van der Waals surface area contributed by atoms with E-state index in [1.165, 1.54) is 13.0 Å². The maximum Gasteiger partial charge on any atom is 0.344 e. The van der Waals surface area contributed by atoms with E-state index < -0.39 is 18.0 Å². The molecule has 1 N–H and O–H groups in total. The summed E-state index contributed by atoms with van der Waals surface area (Å²) in [6.07, 6.45) is -1.00. The second kappa shape index (κ2) is 8.69. The number of carbonyl (C=O) groups is 2. The van der Waals surface area contributed by atoms with E-state index in [2.05, 4.69) is 5.32 Å². The van der Waals surface area contributed by atoms with Crippen LogP contribution in [0.4, 0.5) is 5.69 Å². The lowest BCUT2D eigenvalue weighted by molar-refractivity contribution is -0.155. The van der Waals surface area contributed by atoms with Gasteiger partial charge in [-0.15, -0.1) is 0 Å². The monoisotopic (exact) mass is 374 g/mol. The predicted molar refractivity (Wildman–Crippen MR) is 105 cm³/mol. The van der Waals surface area contributed by atoms with Gasteiger partial charge in [0.25, 0.3) is 5.91 Å². The molecule has 1 amide bonds. The molecule has 0 unspecified atom stereocenters. The summed E-state index contributed by atoms with van der Waals surface area (Å²) in [7, 11) is 0. The zero-order valence-electron chi connectivity index (χ0n) is 15.2. The van der Waals surface area contributed by atoms with E-state index in [-0.39, 0.29) is 6.61 Å². The van der Waals surface area contributed by atoms with Crippen LogP contribution in [-0.4, -0.2) is 24.6 Å². The topological polar surface area (TPSA) is 88.4 Å². The normalized spacial score (nSPS) is 11.3. The summed E-state index contributed by atoms with van der Waals surface area (Å²) in [4.78, 5) is 24.1. The van der Waals surface area contributed by atoms with Crippen molar-refractivity contribution in [1.82, 2.24) is 0 Å². The summed E-state index contributed by atoms with van der Waals surface area (Å²) in [5.74, 6) is -0.600. The number of rotatable bonds is 6. The molecule has 140 valence electrons. The Labute approximate surface area is 162 Å². The third-order valence-corrected chi connectivity index (χ3v) is 4.01. The molecule has 3 rings (SSSR count). The van der Waals surface area contributed by atoms with E-state index in [1.807, 2.05) is 42.5 Å². The molecule has 0 heterocycles. The number of ether oxygens (including phenoxy) is 2. The quantitative estimate of drug-likeness (QED) is 0.665.